The summed E-state index contributed by atoms with van der Waals surface area (Å²) in [5.74, 6) is 0.790. The molecule has 0 fully saturated rings. The van der Waals surface area contributed by atoms with Crippen LogP contribution >= 0.6 is 0 Å². The summed E-state index contributed by atoms with van der Waals surface area (Å²) < 4.78 is 5.49. The predicted molar refractivity (Wildman–Crippen MR) is 60.8 cm³/mol. The summed E-state index contributed by atoms with van der Waals surface area (Å²) in [7, 11) is 0. The molecule has 0 aliphatic carbocycles. The first-order chi connectivity index (χ1) is 7.36. The van der Waals surface area contributed by atoms with Crippen LogP contribution in [0.5, 0.6) is 5.75 Å². The van der Waals surface area contributed by atoms with Gasteiger partial charge >= 0.3 is 0 Å². The molecule has 0 amide bonds. The van der Waals surface area contributed by atoms with Crippen LogP contribution in [0, 0.1) is 0 Å². The van der Waals surface area contributed by atoms with Crippen LogP contribution < -0.4 is 10.5 Å². The van der Waals surface area contributed by atoms with Crippen LogP contribution in [0.2, 0.25) is 0 Å². The van der Waals surface area contributed by atoms with E-state index >= 15 is 0 Å². The average molecular weight is 202 g/mol. The van der Waals surface area contributed by atoms with Gasteiger partial charge in [0.05, 0.1) is 18.3 Å². The zero-order valence-corrected chi connectivity index (χ0v) is 8.73. The summed E-state index contributed by atoms with van der Waals surface area (Å²) in [4.78, 5) is 4.33. The first-order valence-electron chi connectivity index (χ1n) is 5.06. The molecule has 2 aromatic rings. The van der Waals surface area contributed by atoms with Crippen molar-refractivity contribution >= 4 is 10.9 Å². The summed E-state index contributed by atoms with van der Waals surface area (Å²) in [5, 5.41) is 1.07. The van der Waals surface area contributed by atoms with E-state index in [1.54, 1.807) is 6.20 Å². The number of aromatic nitrogens is 1. The van der Waals surface area contributed by atoms with Crippen molar-refractivity contribution in [3.05, 3.63) is 36.0 Å². The molecule has 0 aliphatic rings. The number of pyridine rings is 1. The van der Waals surface area contributed by atoms with Gasteiger partial charge in [-0.05, 0) is 13.0 Å². The Kier molecular flexibility index (Phi) is 2.83. The highest BCUT2D eigenvalue weighted by molar-refractivity contribution is 5.83. The van der Waals surface area contributed by atoms with Crippen LogP contribution in [0.4, 0.5) is 0 Å². The maximum absolute atomic E-state index is 5.74. The molecular formula is C12H14N2O. The second kappa shape index (κ2) is 4.28. The molecule has 0 unspecified atom stereocenters. The second-order valence-electron chi connectivity index (χ2n) is 3.26. The van der Waals surface area contributed by atoms with Gasteiger partial charge in [0.2, 0.25) is 0 Å². The van der Waals surface area contributed by atoms with Crippen LogP contribution in [-0.2, 0) is 6.54 Å². The molecule has 0 spiro atoms. The van der Waals surface area contributed by atoms with E-state index in [4.69, 9.17) is 10.5 Å². The molecule has 1 heterocycles. The summed E-state index contributed by atoms with van der Waals surface area (Å²) in [6, 6.07) is 7.95. The second-order valence-corrected chi connectivity index (χ2v) is 3.26. The summed E-state index contributed by atoms with van der Waals surface area (Å²) in [6.07, 6.45) is 1.74. The van der Waals surface area contributed by atoms with Crippen molar-refractivity contribution in [2.24, 2.45) is 5.73 Å². The van der Waals surface area contributed by atoms with Crippen molar-refractivity contribution in [1.29, 1.82) is 0 Å². The van der Waals surface area contributed by atoms with Gasteiger partial charge in [-0.15, -0.1) is 0 Å². The molecule has 0 saturated heterocycles. The Balaban J connectivity index is 2.64. The summed E-state index contributed by atoms with van der Waals surface area (Å²) in [5.41, 5.74) is 7.73. The SMILES string of the molecule is CCOc1cnc2ccccc2c1CN. The summed E-state index contributed by atoms with van der Waals surface area (Å²) >= 11 is 0. The molecule has 0 radical (unpaired) electrons. The van der Waals surface area contributed by atoms with Gasteiger partial charge in [0.1, 0.15) is 5.75 Å². The lowest BCUT2D eigenvalue weighted by Gasteiger charge is -2.10. The van der Waals surface area contributed by atoms with Crippen molar-refractivity contribution in [2.75, 3.05) is 6.61 Å². The quantitative estimate of drug-likeness (QED) is 0.829. The standard InChI is InChI=1S/C12H14N2O/c1-2-15-12-8-14-11-6-4-3-5-9(11)10(12)7-13/h3-6,8H,2,7,13H2,1H3. The first-order valence-corrected chi connectivity index (χ1v) is 5.06. The number of rotatable bonds is 3. The number of nitrogens with zero attached hydrogens (tertiary/aromatic N) is 1. The van der Waals surface area contributed by atoms with E-state index in [1.807, 2.05) is 31.2 Å². The maximum atomic E-state index is 5.74. The molecule has 2 N–H and O–H groups in total. The molecule has 78 valence electrons. The van der Waals surface area contributed by atoms with Crippen molar-refractivity contribution < 1.29 is 4.74 Å². The fourth-order valence-corrected chi connectivity index (χ4v) is 1.67. The Bertz CT molecular complexity index is 468. The third-order valence-corrected chi connectivity index (χ3v) is 2.35. The zero-order valence-electron chi connectivity index (χ0n) is 8.73. The minimum atomic E-state index is 0.471. The highest BCUT2D eigenvalue weighted by Gasteiger charge is 2.07. The molecule has 15 heavy (non-hydrogen) atoms. The van der Waals surface area contributed by atoms with Gasteiger partial charge in [0, 0.05) is 17.5 Å². The van der Waals surface area contributed by atoms with Crippen molar-refractivity contribution in [2.45, 2.75) is 13.5 Å². The molecule has 0 aliphatic heterocycles. The Morgan fingerprint density at radius 1 is 1.33 bits per heavy atom. The van der Waals surface area contributed by atoms with E-state index in [9.17, 15) is 0 Å². The monoisotopic (exact) mass is 202 g/mol. The van der Waals surface area contributed by atoms with E-state index in [-0.39, 0.29) is 0 Å². The Labute approximate surface area is 88.9 Å². The third kappa shape index (κ3) is 1.78. The minimum Gasteiger partial charge on any atom is -0.492 e. The van der Waals surface area contributed by atoms with Crippen LogP contribution in [0.15, 0.2) is 30.5 Å². The highest BCUT2D eigenvalue weighted by Crippen LogP contribution is 2.25. The Morgan fingerprint density at radius 3 is 2.87 bits per heavy atom. The lowest BCUT2D eigenvalue weighted by molar-refractivity contribution is 0.336. The molecule has 0 atom stereocenters. The highest BCUT2D eigenvalue weighted by atomic mass is 16.5. The van der Waals surface area contributed by atoms with Gasteiger partial charge in [-0.25, -0.2) is 0 Å². The number of ether oxygens (including phenoxy) is 1. The maximum Gasteiger partial charge on any atom is 0.142 e. The fraction of sp³-hybridized carbons (Fsp3) is 0.250. The van der Waals surface area contributed by atoms with Gasteiger partial charge in [-0.2, -0.15) is 0 Å². The molecule has 3 nitrogen and oxygen atoms in total. The van der Waals surface area contributed by atoms with Gasteiger partial charge in [0.15, 0.2) is 0 Å². The topological polar surface area (TPSA) is 48.1 Å². The van der Waals surface area contributed by atoms with Crippen molar-refractivity contribution in [3.8, 4) is 5.75 Å². The Hall–Kier alpha value is -1.61. The molecule has 0 bridgehead atoms. The fourth-order valence-electron chi connectivity index (χ4n) is 1.67. The van der Waals surface area contributed by atoms with Gasteiger partial charge in [-0.3, -0.25) is 4.98 Å². The molecule has 3 heteroatoms. The predicted octanol–water partition coefficient (Wildman–Crippen LogP) is 2.09. The lowest BCUT2D eigenvalue weighted by Crippen LogP contribution is -2.03. The molecular weight excluding hydrogens is 188 g/mol. The zero-order chi connectivity index (χ0) is 10.7. The van der Waals surface area contributed by atoms with Gasteiger partial charge < -0.3 is 10.5 Å². The van der Waals surface area contributed by atoms with Crippen LogP contribution in [0.25, 0.3) is 10.9 Å². The number of hydrogen-bond donors (Lipinski definition) is 1. The smallest absolute Gasteiger partial charge is 0.142 e. The number of para-hydroxylation sites is 1. The van der Waals surface area contributed by atoms with E-state index in [1.165, 1.54) is 0 Å². The largest absolute Gasteiger partial charge is 0.492 e. The first kappa shape index (κ1) is 9.93. The summed E-state index contributed by atoms with van der Waals surface area (Å²) in [6.45, 7) is 3.06. The van der Waals surface area contributed by atoms with Crippen LogP contribution in [0.1, 0.15) is 12.5 Å². The number of hydrogen-bond acceptors (Lipinski definition) is 3. The number of fused-ring (bicyclic) bond motifs is 1. The van der Waals surface area contributed by atoms with Crippen molar-refractivity contribution in [1.82, 2.24) is 4.98 Å². The number of benzene rings is 1. The van der Waals surface area contributed by atoms with Crippen LogP contribution in [-0.4, -0.2) is 11.6 Å². The normalized spacial score (nSPS) is 10.5. The van der Waals surface area contributed by atoms with Crippen molar-refractivity contribution in [3.63, 3.8) is 0 Å². The van der Waals surface area contributed by atoms with E-state index in [0.29, 0.717) is 13.2 Å². The lowest BCUT2D eigenvalue weighted by atomic mass is 10.1. The number of nitrogens with two attached hydrogens (primary N) is 1. The van der Waals surface area contributed by atoms with E-state index < -0.39 is 0 Å². The third-order valence-electron chi connectivity index (χ3n) is 2.35. The molecule has 1 aromatic heterocycles. The molecule has 2 rings (SSSR count). The molecule has 0 saturated carbocycles. The van der Waals surface area contributed by atoms with Gasteiger partial charge in [-0.1, -0.05) is 18.2 Å². The van der Waals surface area contributed by atoms with Gasteiger partial charge in [0.25, 0.3) is 0 Å². The Morgan fingerprint density at radius 2 is 2.13 bits per heavy atom. The molecule has 1 aromatic carbocycles. The van der Waals surface area contributed by atoms with E-state index in [2.05, 4.69) is 4.98 Å². The van der Waals surface area contributed by atoms with E-state index in [0.717, 1.165) is 22.2 Å². The minimum absolute atomic E-state index is 0.471. The average Bonchev–Trinajstić information content (AvgIpc) is 2.29. The van der Waals surface area contributed by atoms with Crippen LogP contribution in [0.3, 0.4) is 0 Å².